The number of hydrogen-bond acceptors (Lipinski definition) is 6. The number of nitrogens with one attached hydrogen (secondary N) is 1. The van der Waals surface area contributed by atoms with Crippen molar-refractivity contribution in [3.63, 3.8) is 0 Å². The predicted molar refractivity (Wildman–Crippen MR) is 69.4 cm³/mol. The maximum atomic E-state index is 11.1. The fraction of sp³-hybridized carbons (Fsp3) is 0.417. The monoisotopic (exact) mass is 279 g/mol. The Morgan fingerprint density at radius 3 is 3.21 bits per heavy atom. The zero-order valence-corrected chi connectivity index (χ0v) is 11.2. The van der Waals surface area contributed by atoms with Crippen LogP contribution in [0.4, 0.5) is 5.13 Å². The van der Waals surface area contributed by atoms with Crippen molar-refractivity contribution in [1.82, 2.24) is 10.1 Å². The van der Waals surface area contributed by atoms with E-state index in [1.54, 1.807) is 0 Å². The van der Waals surface area contributed by atoms with Crippen LogP contribution in [0.5, 0.6) is 0 Å². The van der Waals surface area contributed by atoms with Crippen LogP contribution in [0.3, 0.4) is 0 Å². The molecular weight excluding hydrogens is 266 g/mol. The number of nitrogens with zero attached hydrogens (tertiary/aromatic N) is 2. The third-order valence-electron chi connectivity index (χ3n) is 3.11. The maximum Gasteiger partial charge on any atom is 0.312 e. The van der Waals surface area contributed by atoms with E-state index in [1.165, 1.54) is 11.3 Å². The minimum Gasteiger partial charge on any atom is -0.481 e. The van der Waals surface area contributed by atoms with Crippen LogP contribution in [0.25, 0.3) is 0 Å². The molecule has 1 atom stereocenters. The summed E-state index contributed by atoms with van der Waals surface area (Å²) in [5, 5.41) is 16.9. The number of rotatable bonds is 4. The highest BCUT2D eigenvalue weighted by Crippen LogP contribution is 2.38. The second-order valence-electron chi connectivity index (χ2n) is 4.54. The molecule has 2 aromatic heterocycles. The normalized spacial score (nSPS) is 17.4. The first-order chi connectivity index (χ1) is 9.13. The molecule has 0 saturated heterocycles. The Labute approximate surface area is 113 Å². The zero-order valence-electron chi connectivity index (χ0n) is 10.3. The van der Waals surface area contributed by atoms with Gasteiger partial charge in [-0.15, -0.1) is 11.3 Å². The van der Waals surface area contributed by atoms with Gasteiger partial charge in [-0.3, -0.25) is 4.79 Å². The molecule has 0 saturated carbocycles. The van der Waals surface area contributed by atoms with Crippen LogP contribution in [0.1, 0.15) is 34.4 Å². The molecule has 0 bridgehead atoms. The molecule has 0 amide bonds. The van der Waals surface area contributed by atoms with E-state index in [9.17, 15) is 4.79 Å². The van der Waals surface area contributed by atoms with E-state index in [1.807, 2.05) is 13.0 Å². The van der Waals surface area contributed by atoms with Crippen LogP contribution in [0.15, 0.2) is 10.6 Å². The van der Waals surface area contributed by atoms with Crippen molar-refractivity contribution >= 4 is 22.4 Å². The van der Waals surface area contributed by atoms with Gasteiger partial charge in [-0.2, -0.15) is 0 Å². The molecule has 6 nitrogen and oxygen atoms in total. The third kappa shape index (κ3) is 2.33. The standard InChI is InChI=1S/C12H13N3O3S/c1-6-4-7(15-18-6)5-13-12-14-10-8(11(16)17)2-3-9(10)19-12/h4,8H,2-3,5H2,1H3,(H,13,14)(H,16,17). The van der Waals surface area contributed by atoms with Crippen molar-refractivity contribution < 1.29 is 14.4 Å². The summed E-state index contributed by atoms with van der Waals surface area (Å²) >= 11 is 1.53. The summed E-state index contributed by atoms with van der Waals surface area (Å²) < 4.78 is 4.98. The van der Waals surface area contributed by atoms with Gasteiger partial charge in [0.05, 0.1) is 12.2 Å². The van der Waals surface area contributed by atoms with E-state index in [2.05, 4.69) is 15.5 Å². The molecule has 2 heterocycles. The van der Waals surface area contributed by atoms with Gasteiger partial charge in [0.2, 0.25) is 0 Å². The van der Waals surface area contributed by atoms with Crippen molar-refractivity contribution in [3.05, 3.63) is 28.1 Å². The van der Waals surface area contributed by atoms with Gasteiger partial charge in [0.15, 0.2) is 5.13 Å². The first-order valence-corrected chi connectivity index (χ1v) is 6.83. The second kappa shape index (κ2) is 4.65. The first-order valence-electron chi connectivity index (χ1n) is 6.02. The summed E-state index contributed by atoms with van der Waals surface area (Å²) in [4.78, 5) is 16.5. The predicted octanol–water partition coefficient (Wildman–Crippen LogP) is 2.17. The van der Waals surface area contributed by atoms with E-state index in [4.69, 9.17) is 9.63 Å². The van der Waals surface area contributed by atoms with Crippen LogP contribution in [-0.2, 0) is 17.8 Å². The number of aryl methyl sites for hydroxylation is 2. The van der Waals surface area contributed by atoms with Crippen LogP contribution in [-0.4, -0.2) is 21.2 Å². The minimum absolute atomic E-state index is 0.448. The highest BCUT2D eigenvalue weighted by molar-refractivity contribution is 7.15. The molecule has 1 unspecified atom stereocenters. The maximum absolute atomic E-state index is 11.1. The van der Waals surface area contributed by atoms with Gasteiger partial charge in [0, 0.05) is 10.9 Å². The molecule has 0 aromatic carbocycles. The summed E-state index contributed by atoms with van der Waals surface area (Å²) in [7, 11) is 0. The van der Waals surface area contributed by atoms with Gasteiger partial charge in [0.1, 0.15) is 17.4 Å². The molecule has 0 spiro atoms. The smallest absolute Gasteiger partial charge is 0.312 e. The van der Waals surface area contributed by atoms with Gasteiger partial charge in [-0.05, 0) is 19.8 Å². The fourth-order valence-electron chi connectivity index (χ4n) is 2.21. The quantitative estimate of drug-likeness (QED) is 0.891. The number of fused-ring (bicyclic) bond motifs is 1. The molecule has 0 aliphatic heterocycles. The Balaban J connectivity index is 1.70. The topological polar surface area (TPSA) is 88.2 Å². The largest absolute Gasteiger partial charge is 0.481 e. The molecular formula is C12H13N3O3S. The minimum atomic E-state index is -0.789. The first kappa shape index (κ1) is 12.2. The number of hydrogen-bond donors (Lipinski definition) is 2. The number of carboxylic acids is 1. The average molecular weight is 279 g/mol. The Morgan fingerprint density at radius 1 is 1.68 bits per heavy atom. The zero-order chi connectivity index (χ0) is 13.4. The van der Waals surface area contributed by atoms with Gasteiger partial charge in [0.25, 0.3) is 0 Å². The molecule has 1 aliphatic carbocycles. The van der Waals surface area contributed by atoms with Crippen LogP contribution in [0.2, 0.25) is 0 Å². The Morgan fingerprint density at radius 2 is 2.53 bits per heavy atom. The average Bonchev–Trinajstić information content (AvgIpc) is 3.00. The molecule has 2 aromatic rings. The highest BCUT2D eigenvalue weighted by atomic mass is 32.1. The van der Waals surface area contributed by atoms with Gasteiger partial charge in [-0.25, -0.2) is 4.98 Å². The van der Waals surface area contributed by atoms with E-state index in [0.29, 0.717) is 13.0 Å². The lowest BCUT2D eigenvalue weighted by molar-refractivity contribution is -0.138. The number of thiazole rings is 1. The second-order valence-corrected chi connectivity index (χ2v) is 5.62. The summed E-state index contributed by atoms with van der Waals surface area (Å²) in [6.45, 7) is 2.37. The molecule has 3 rings (SSSR count). The molecule has 100 valence electrons. The highest BCUT2D eigenvalue weighted by Gasteiger charge is 2.32. The van der Waals surface area contributed by atoms with Crippen molar-refractivity contribution in [3.8, 4) is 0 Å². The molecule has 0 radical (unpaired) electrons. The summed E-state index contributed by atoms with van der Waals surface area (Å²) in [6.07, 6.45) is 1.46. The lowest BCUT2D eigenvalue weighted by Crippen LogP contribution is -2.09. The van der Waals surface area contributed by atoms with Gasteiger partial charge in [-0.1, -0.05) is 5.16 Å². The van der Waals surface area contributed by atoms with Gasteiger partial charge < -0.3 is 14.9 Å². The Hall–Kier alpha value is -1.89. The molecule has 19 heavy (non-hydrogen) atoms. The third-order valence-corrected chi connectivity index (χ3v) is 4.20. The van der Waals surface area contributed by atoms with E-state index in [0.717, 1.165) is 33.6 Å². The van der Waals surface area contributed by atoms with Crippen molar-refractivity contribution in [2.24, 2.45) is 0 Å². The van der Waals surface area contributed by atoms with Crippen molar-refractivity contribution in [1.29, 1.82) is 0 Å². The van der Waals surface area contributed by atoms with Crippen LogP contribution < -0.4 is 5.32 Å². The van der Waals surface area contributed by atoms with E-state index < -0.39 is 11.9 Å². The van der Waals surface area contributed by atoms with Crippen molar-refractivity contribution in [2.75, 3.05) is 5.32 Å². The van der Waals surface area contributed by atoms with E-state index in [-0.39, 0.29) is 0 Å². The summed E-state index contributed by atoms with van der Waals surface area (Å²) in [6, 6.07) is 1.86. The number of aliphatic carboxylic acids is 1. The number of aromatic nitrogens is 2. The molecule has 1 aliphatic rings. The lowest BCUT2D eigenvalue weighted by Gasteiger charge is -2.02. The Kier molecular flexibility index (Phi) is 2.98. The summed E-state index contributed by atoms with van der Waals surface area (Å²) in [5.74, 6) is -0.469. The number of carboxylic acid groups (broad SMARTS) is 1. The number of anilines is 1. The molecule has 7 heteroatoms. The number of carbonyl (C=O) groups is 1. The Bertz CT molecular complexity index is 620. The van der Waals surface area contributed by atoms with Gasteiger partial charge >= 0.3 is 5.97 Å². The van der Waals surface area contributed by atoms with Crippen LogP contribution >= 0.6 is 11.3 Å². The van der Waals surface area contributed by atoms with Crippen LogP contribution in [0, 0.1) is 6.92 Å². The lowest BCUT2D eigenvalue weighted by atomic mass is 10.1. The SMILES string of the molecule is Cc1cc(CNc2nc3c(s2)CCC3C(=O)O)no1. The fourth-order valence-corrected chi connectivity index (χ4v) is 3.24. The molecule has 2 N–H and O–H groups in total. The van der Waals surface area contributed by atoms with E-state index >= 15 is 0 Å². The molecule has 0 fully saturated rings. The van der Waals surface area contributed by atoms with Crippen molar-refractivity contribution in [2.45, 2.75) is 32.2 Å². The summed E-state index contributed by atoms with van der Waals surface area (Å²) in [5.41, 5.74) is 1.53.